The van der Waals surface area contributed by atoms with Gasteiger partial charge in [-0.05, 0) is 65.1 Å². The summed E-state index contributed by atoms with van der Waals surface area (Å²) in [7, 11) is 6.08. The van der Waals surface area contributed by atoms with Crippen molar-refractivity contribution >= 4 is 23.6 Å². The molecule has 0 radical (unpaired) electrons. The number of hydrogen-bond acceptors (Lipinski definition) is 13. The first-order chi connectivity index (χ1) is 27.9. The van der Waals surface area contributed by atoms with E-state index in [1.54, 1.807) is 47.5 Å². The van der Waals surface area contributed by atoms with Gasteiger partial charge in [0.15, 0.2) is 28.8 Å². The summed E-state index contributed by atoms with van der Waals surface area (Å²) in [6, 6.07) is 17.5. The lowest BCUT2D eigenvalue weighted by Crippen LogP contribution is -2.49. The van der Waals surface area contributed by atoms with Crippen LogP contribution in [-0.2, 0) is 6.54 Å². The van der Waals surface area contributed by atoms with Crippen LogP contribution in [0.2, 0.25) is 0 Å². The molecule has 1 aromatic heterocycles. The van der Waals surface area contributed by atoms with Gasteiger partial charge in [0, 0.05) is 49.9 Å². The number of phenols is 2. The minimum Gasteiger partial charge on any atom is -0.508 e. The third-order valence-corrected chi connectivity index (χ3v) is 9.87. The van der Waals surface area contributed by atoms with Gasteiger partial charge in [-0.2, -0.15) is 0 Å². The van der Waals surface area contributed by atoms with Crippen molar-refractivity contribution in [3.8, 4) is 62.7 Å². The molecule has 0 aliphatic carbocycles. The van der Waals surface area contributed by atoms with Crippen molar-refractivity contribution in [1.29, 1.82) is 5.41 Å². The number of hydrogen-bond donors (Lipinski definition) is 4. The number of aromatic hydroxyl groups is 2. The molecule has 5 aromatic rings. The summed E-state index contributed by atoms with van der Waals surface area (Å²) in [6.07, 6.45) is 1.05. The first kappa shape index (κ1) is 40.7. The summed E-state index contributed by atoms with van der Waals surface area (Å²) in [5.74, 6) is 1.49. The molecule has 4 aromatic carbocycles. The molecule has 16 heteroatoms. The van der Waals surface area contributed by atoms with Gasteiger partial charge < -0.3 is 49.1 Å². The Morgan fingerprint density at radius 2 is 1.47 bits per heavy atom. The van der Waals surface area contributed by atoms with Crippen molar-refractivity contribution in [1.82, 2.24) is 15.0 Å². The lowest BCUT2D eigenvalue weighted by atomic mass is 9.98. The zero-order chi connectivity index (χ0) is 41.7. The van der Waals surface area contributed by atoms with Crippen LogP contribution in [0.1, 0.15) is 36.5 Å². The summed E-state index contributed by atoms with van der Waals surface area (Å²) < 4.78 is 33.6. The molecule has 304 valence electrons. The summed E-state index contributed by atoms with van der Waals surface area (Å²) in [6.45, 7) is 6.27. The fraction of sp³-hybridized carbons (Fsp3) is 0.286. The second-order valence-corrected chi connectivity index (χ2v) is 13.8. The predicted molar refractivity (Wildman–Crippen MR) is 216 cm³/mol. The average molecular weight is 795 g/mol. The number of carbonyl (C=O) groups excluding carboxylic acids is 2. The SMILES string of the molecule is COc1ccc(-c2cnoc2-c2cc(OC)c(OC)c(OC)c2)cc1OC(=O)N1CCN(Cc2ccc(N(C(=N)c3cc(C(C)C)c(O)cc3O)C(N)=O)cc2)CC1. The molecule has 6 rings (SSSR count). The number of aromatic nitrogens is 1. The molecule has 0 spiro atoms. The van der Waals surface area contributed by atoms with E-state index in [0.29, 0.717) is 89.4 Å². The fourth-order valence-corrected chi connectivity index (χ4v) is 6.78. The van der Waals surface area contributed by atoms with Crippen LogP contribution in [0.4, 0.5) is 15.3 Å². The molecular weight excluding hydrogens is 748 g/mol. The van der Waals surface area contributed by atoms with E-state index in [2.05, 4.69) is 10.1 Å². The molecule has 1 aliphatic heterocycles. The predicted octanol–water partition coefficient (Wildman–Crippen LogP) is 6.80. The van der Waals surface area contributed by atoms with E-state index in [0.717, 1.165) is 16.5 Å². The maximum Gasteiger partial charge on any atom is 0.415 e. The van der Waals surface area contributed by atoms with Crippen molar-refractivity contribution in [2.24, 2.45) is 5.73 Å². The van der Waals surface area contributed by atoms with Crippen LogP contribution in [0.25, 0.3) is 22.5 Å². The van der Waals surface area contributed by atoms with Crippen LogP contribution < -0.4 is 34.3 Å². The highest BCUT2D eigenvalue weighted by molar-refractivity contribution is 6.22. The highest BCUT2D eigenvalue weighted by Crippen LogP contribution is 2.44. The first-order valence-electron chi connectivity index (χ1n) is 18.3. The monoisotopic (exact) mass is 794 g/mol. The van der Waals surface area contributed by atoms with Crippen molar-refractivity contribution in [2.45, 2.75) is 26.3 Å². The van der Waals surface area contributed by atoms with Crippen LogP contribution in [0.3, 0.4) is 0 Å². The second-order valence-electron chi connectivity index (χ2n) is 13.8. The van der Waals surface area contributed by atoms with Gasteiger partial charge in [0.25, 0.3) is 0 Å². The number of methoxy groups -OCH3 is 4. The smallest absolute Gasteiger partial charge is 0.415 e. The Morgan fingerprint density at radius 3 is 2.05 bits per heavy atom. The van der Waals surface area contributed by atoms with E-state index in [1.165, 1.54) is 34.5 Å². The molecule has 2 heterocycles. The molecule has 0 atom stereocenters. The van der Waals surface area contributed by atoms with Crippen molar-refractivity contribution in [3.63, 3.8) is 0 Å². The zero-order valence-electron chi connectivity index (χ0n) is 33.1. The number of primary amides is 1. The number of amidine groups is 1. The number of carbonyl (C=O) groups is 2. The highest BCUT2D eigenvalue weighted by atomic mass is 16.6. The maximum absolute atomic E-state index is 13.5. The number of ether oxygens (including phenoxy) is 5. The van der Waals surface area contributed by atoms with Crippen LogP contribution >= 0.6 is 0 Å². The Morgan fingerprint density at radius 1 is 0.828 bits per heavy atom. The number of urea groups is 1. The van der Waals surface area contributed by atoms with E-state index in [4.69, 9.17) is 39.4 Å². The van der Waals surface area contributed by atoms with Gasteiger partial charge >= 0.3 is 12.1 Å². The van der Waals surface area contributed by atoms with Gasteiger partial charge in [0.2, 0.25) is 5.75 Å². The summed E-state index contributed by atoms with van der Waals surface area (Å²) in [5, 5.41) is 33.5. The fourth-order valence-electron chi connectivity index (χ4n) is 6.78. The van der Waals surface area contributed by atoms with Crippen LogP contribution in [0.5, 0.6) is 40.2 Å². The Hall–Kier alpha value is -6.94. The van der Waals surface area contributed by atoms with Crippen molar-refractivity contribution in [2.75, 3.05) is 59.5 Å². The second kappa shape index (κ2) is 17.5. The van der Waals surface area contributed by atoms with Gasteiger partial charge in [-0.3, -0.25) is 10.3 Å². The Balaban J connectivity index is 1.10. The quantitative estimate of drug-likeness (QED) is 0.0760. The number of benzene rings is 4. The molecule has 1 aliphatic rings. The topological polar surface area (TPSA) is 206 Å². The number of nitrogens with two attached hydrogens (primary N) is 1. The molecule has 5 N–H and O–H groups in total. The van der Waals surface area contributed by atoms with E-state index < -0.39 is 12.1 Å². The summed E-state index contributed by atoms with van der Waals surface area (Å²) >= 11 is 0. The minimum atomic E-state index is -0.900. The Bertz CT molecular complexity index is 2280. The van der Waals surface area contributed by atoms with Crippen LogP contribution in [-0.4, -0.2) is 97.7 Å². The molecule has 3 amide bonds. The molecule has 58 heavy (non-hydrogen) atoms. The lowest BCUT2D eigenvalue weighted by Gasteiger charge is -2.34. The number of phenolic OH excluding ortho intramolecular Hbond substituents is 2. The van der Waals surface area contributed by atoms with Crippen molar-refractivity contribution < 1.29 is 48.0 Å². The van der Waals surface area contributed by atoms with E-state index in [-0.39, 0.29) is 34.6 Å². The first-order valence-corrected chi connectivity index (χ1v) is 18.3. The van der Waals surface area contributed by atoms with E-state index >= 15 is 0 Å². The molecule has 0 bridgehead atoms. The van der Waals surface area contributed by atoms with E-state index in [1.807, 2.05) is 32.0 Å². The molecule has 1 fully saturated rings. The Kier molecular flexibility index (Phi) is 12.3. The van der Waals surface area contributed by atoms with Crippen LogP contribution in [0, 0.1) is 5.41 Å². The number of anilines is 1. The summed E-state index contributed by atoms with van der Waals surface area (Å²) in [4.78, 5) is 30.8. The third-order valence-electron chi connectivity index (χ3n) is 9.87. The minimum absolute atomic E-state index is 0.0591. The zero-order valence-corrected chi connectivity index (χ0v) is 33.1. The molecular formula is C42H46N6O10. The number of rotatable bonds is 12. The number of nitrogens with one attached hydrogen (secondary N) is 1. The van der Waals surface area contributed by atoms with Gasteiger partial charge in [-0.1, -0.05) is 37.2 Å². The lowest BCUT2D eigenvalue weighted by molar-refractivity contribution is 0.107. The third kappa shape index (κ3) is 8.41. The van der Waals surface area contributed by atoms with Gasteiger partial charge in [-0.25, -0.2) is 14.5 Å². The van der Waals surface area contributed by atoms with Gasteiger partial charge in [-0.15, -0.1) is 0 Å². The molecule has 16 nitrogen and oxygen atoms in total. The normalized spacial score (nSPS) is 12.9. The maximum atomic E-state index is 13.5. The average Bonchev–Trinajstić information content (AvgIpc) is 3.71. The number of nitrogens with zero attached hydrogens (tertiary/aromatic N) is 4. The molecule has 1 saturated heterocycles. The molecule has 0 saturated carbocycles. The summed E-state index contributed by atoms with van der Waals surface area (Å²) in [5.41, 5.74) is 9.48. The standard InChI is InChI=1S/C42H46N6O10/c1-24(2)29-20-30(33(50)21-32(29)49)40(43)48(41(44)51)28-10-7-25(8-11-28)23-46-13-15-47(16-14-46)42(52)57-35-17-26(9-12-34(35)53-3)31-22-45-58-38(31)27-18-36(54-4)39(56-6)37(19-27)55-5/h7-12,17-22,24,43,49-50H,13-16,23H2,1-6H3,(H2,44,51). The largest absolute Gasteiger partial charge is 0.508 e. The van der Waals surface area contributed by atoms with Crippen molar-refractivity contribution in [3.05, 3.63) is 89.6 Å². The van der Waals surface area contributed by atoms with E-state index in [9.17, 15) is 19.8 Å². The van der Waals surface area contributed by atoms with Crippen LogP contribution in [0.15, 0.2) is 77.4 Å². The molecule has 0 unspecified atom stereocenters. The number of amides is 3. The number of piperazine rings is 1. The van der Waals surface area contributed by atoms with Gasteiger partial charge in [0.1, 0.15) is 17.3 Å². The highest BCUT2D eigenvalue weighted by Gasteiger charge is 2.27. The Labute approximate surface area is 335 Å². The van der Waals surface area contributed by atoms with Gasteiger partial charge in [0.05, 0.1) is 45.9 Å².